The minimum Gasteiger partial charge on any atom is -0.326 e. The Kier molecular flexibility index (Phi) is 4.55. The van der Waals surface area contributed by atoms with E-state index in [4.69, 9.17) is 0 Å². The lowest BCUT2D eigenvalue weighted by atomic mass is 10.1. The molecule has 0 bridgehead atoms. The van der Waals surface area contributed by atoms with Crippen LogP contribution in [0.25, 0.3) is 16.2 Å². The van der Waals surface area contributed by atoms with Gasteiger partial charge in [-0.3, -0.25) is 14.0 Å². The molecular formula is C22H17FN4O2S. The number of amides is 2. The molecule has 0 saturated carbocycles. The van der Waals surface area contributed by atoms with Gasteiger partial charge in [0.25, 0.3) is 0 Å². The molecule has 0 radical (unpaired) electrons. The Morgan fingerprint density at radius 3 is 2.83 bits per heavy atom. The minimum atomic E-state index is -0.468. The molecule has 1 N–H and O–H groups in total. The second kappa shape index (κ2) is 7.38. The molecule has 2 amide bonds. The number of hydrogen-bond acceptors (Lipinski definition) is 4. The van der Waals surface area contributed by atoms with Gasteiger partial charge < -0.3 is 10.2 Å². The SMILES string of the molecule is O=C(Nc1cccc(-c2cn3ccsc3n2)c1)C1CC(=O)N(c2ccc(F)cc2)C1. The summed E-state index contributed by atoms with van der Waals surface area (Å²) in [4.78, 5) is 32.2. The average molecular weight is 420 g/mol. The Bertz CT molecular complexity index is 1220. The number of nitrogens with zero attached hydrogens (tertiary/aromatic N) is 3. The highest BCUT2D eigenvalue weighted by Gasteiger charge is 2.35. The molecule has 1 atom stereocenters. The number of fused-ring (bicyclic) bond motifs is 1. The van der Waals surface area contributed by atoms with E-state index in [2.05, 4.69) is 10.3 Å². The molecule has 30 heavy (non-hydrogen) atoms. The molecule has 2 aromatic carbocycles. The van der Waals surface area contributed by atoms with Crippen molar-refractivity contribution in [3.05, 3.63) is 72.1 Å². The summed E-state index contributed by atoms with van der Waals surface area (Å²) in [5, 5.41) is 4.89. The molecule has 1 saturated heterocycles. The maximum atomic E-state index is 13.1. The molecule has 5 rings (SSSR count). The minimum absolute atomic E-state index is 0.125. The third-order valence-electron chi connectivity index (χ3n) is 5.15. The van der Waals surface area contributed by atoms with Gasteiger partial charge in [-0.15, -0.1) is 11.3 Å². The van der Waals surface area contributed by atoms with E-state index < -0.39 is 5.92 Å². The summed E-state index contributed by atoms with van der Waals surface area (Å²) in [5.74, 6) is -1.19. The van der Waals surface area contributed by atoms with Gasteiger partial charge in [0.2, 0.25) is 11.8 Å². The van der Waals surface area contributed by atoms with Crippen LogP contribution in [-0.2, 0) is 9.59 Å². The molecule has 4 aromatic rings. The van der Waals surface area contributed by atoms with E-state index in [1.54, 1.807) is 23.5 Å². The quantitative estimate of drug-likeness (QED) is 0.538. The molecule has 0 spiro atoms. The van der Waals surface area contributed by atoms with Gasteiger partial charge in [-0.2, -0.15) is 0 Å². The Morgan fingerprint density at radius 2 is 2.03 bits per heavy atom. The first-order chi connectivity index (χ1) is 14.6. The Morgan fingerprint density at radius 1 is 1.20 bits per heavy atom. The highest BCUT2D eigenvalue weighted by molar-refractivity contribution is 7.15. The van der Waals surface area contributed by atoms with Crippen LogP contribution in [0, 0.1) is 11.7 Å². The van der Waals surface area contributed by atoms with Crippen molar-refractivity contribution in [2.24, 2.45) is 5.92 Å². The van der Waals surface area contributed by atoms with Crippen LogP contribution in [0.2, 0.25) is 0 Å². The number of carbonyl (C=O) groups is 2. The summed E-state index contributed by atoms with van der Waals surface area (Å²) >= 11 is 1.56. The molecule has 6 nitrogen and oxygen atoms in total. The monoisotopic (exact) mass is 420 g/mol. The zero-order valence-corrected chi connectivity index (χ0v) is 16.6. The van der Waals surface area contributed by atoms with Crippen molar-refractivity contribution in [2.45, 2.75) is 6.42 Å². The lowest BCUT2D eigenvalue weighted by Crippen LogP contribution is -2.28. The fraction of sp³-hybridized carbons (Fsp3) is 0.136. The summed E-state index contributed by atoms with van der Waals surface area (Å²) in [6.45, 7) is 0.271. The number of anilines is 2. The van der Waals surface area contributed by atoms with E-state index in [1.807, 2.05) is 46.4 Å². The molecule has 1 aliphatic rings. The Hall–Kier alpha value is -3.52. The highest BCUT2D eigenvalue weighted by Crippen LogP contribution is 2.28. The van der Waals surface area contributed by atoms with E-state index in [-0.39, 0.29) is 30.6 Å². The summed E-state index contributed by atoms with van der Waals surface area (Å²) in [6, 6.07) is 13.2. The molecular weight excluding hydrogens is 403 g/mol. The van der Waals surface area contributed by atoms with Crippen molar-refractivity contribution in [2.75, 3.05) is 16.8 Å². The number of nitrogens with one attached hydrogen (secondary N) is 1. The van der Waals surface area contributed by atoms with E-state index in [9.17, 15) is 14.0 Å². The summed E-state index contributed by atoms with van der Waals surface area (Å²) in [7, 11) is 0. The van der Waals surface area contributed by atoms with Crippen LogP contribution in [-0.4, -0.2) is 27.7 Å². The first-order valence-electron chi connectivity index (χ1n) is 9.46. The first-order valence-corrected chi connectivity index (χ1v) is 10.3. The van der Waals surface area contributed by atoms with E-state index in [1.165, 1.54) is 17.0 Å². The smallest absolute Gasteiger partial charge is 0.229 e. The van der Waals surface area contributed by atoms with E-state index in [0.717, 1.165) is 16.2 Å². The van der Waals surface area contributed by atoms with Crippen LogP contribution in [0.4, 0.5) is 15.8 Å². The Balaban J connectivity index is 1.30. The van der Waals surface area contributed by atoms with Crippen molar-refractivity contribution in [3.8, 4) is 11.3 Å². The maximum absolute atomic E-state index is 13.1. The van der Waals surface area contributed by atoms with Crippen molar-refractivity contribution in [1.82, 2.24) is 9.38 Å². The third-order valence-corrected chi connectivity index (χ3v) is 5.92. The van der Waals surface area contributed by atoms with Gasteiger partial charge in [0.1, 0.15) is 5.82 Å². The predicted octanol–water partition coefficient (Wildman–Crippen LogP) is 4.19. The normalized spacial score (nSPS) is 16.4. The molecule has 2 aromatic heterocycles. The predicted molar refractivity (Wildman–Crippen MR) is 114 cm³/mol. The number of aromatic nitrogens is 2. The number of hydrogen-bond donors (Lipinski definition) is 1. The van der Waals surface area contributed by atoms with Crippen molar-refractivity contribution in [1.29, 1.82) is 0 Å². The van der Waals surface area contributed by atoms with Crippen LogP contribution in [0.1, 0.15) is 6.42 Å². The van der Waals surface area contributed by atoms with Gasteiger partial charge in [-0.25, -0.2) is 9.37 Å². The van der Waals surface area contributed by atoms with Crippen molar-refractivity contribution < 1.29 is 14.0 Å². The number of thiazole rings is 1. The second-order valence-electron chi connectivity index (χ2n) is 7.17. The van der Waals surface area contributed by atoms with Gasteiger partial charge in [0.05, 0.1) is 11.6 Å². The Labute approximate surface area is 175 Å². The third kappa shape index (κ3) is 3.46. The molecule has 1 fully saturated rings. The van der Waals surface area contributed by atoms with Crippen molar-refractivity contribution in [3.63, 3.8) is 0 Å². The largest absolute Gasteiger partial charge is 0.326 e. The number of benzene rings is 2. The maximum Gasteiger partial charge on any atom is 0.229 e. The summed E-state index contributed by atoms with van der Waals surface area (Å²) in [5.41, 5.74) is 2.98. The number of imidazole rings is 1. The second-order valence-corrected chi connectivity index (χ2v) is 8.04. The lowest BCUT2D eigenvalue weighted by molar-refractivity contribution is -0.122. The van der Waals surface area contributed by atoms with Gasteiger partial charge in [-0.1, -0.05) is 12.1 Å². The van der Waals surface area contributed by atoms with E-state index >= 15 is 0 Å². The molecule has 3 heterocycles. The standard InChI is InChI=1S/C22H17FN4O2S/c23-16-4-6-18(7-5-16)27-12-15(11-20(27)28)21(29)24-17-3-1-2-14(10-17)19-13-26-8-9-30-22(26)25-19/h1-10,13,15H,11-12H2,(H,24,29). The first kappa shape index (κ1) is 18.5. The zero-order chi connectivity index (χ0) is 20.7. The molecule has 1 unspecified atom stereocenters. The fourth-order valence-corrected chi connectivity index (χ4v) is 4.32. The number of rotatable bonds is 4. The molecule has 1 aliphatic heterocycles. The average Bonchev–Trinajstić information content (AvgIpc) is 3.44. The topological polar surface area (TPSA) is 66.7 Å². The van der Waals surface area contributed by atoms with Gasteiger partial charge in [0.15, 0.2) is 4.96 Å². The van der Waals surface area contributed by atoms with Crippen LogP contribution >= 0.6 is 11.3 Å². The van der Waals surface area contributed by atoms with E-state index in [0.29, 0.717) is 11.4 Å². The highest BCUT2D eigenvalue weighted by atomic mass is 32.1. The summed E-state index contributed by atoms with van der Waals surface area (Å²) < 4.78 is 15.1. The molecule has 0 aliphatic carbocycles. The van der Waals surface area contributed by atoms with Crippen LogP contribution in [0.15, 0.2) is 66.3 Å². The van der Waals surface area contributed by atoms with Crippen molar-refractivity contribution >= 4 is 39.5 Å². The summed E-state index contributed by atoms with van der Waals surface area (Å²) in [6.07, 6.45) is 4.02. The fourth-order valence-electron chi connectivity index (χ4n) is 3.62. The van der Waals surface area contributed by atoms with Gasteiger partial charge in [0, 0.05) is 47.7 Å². The number of carbonyl (C=O) groups excluding carboxylic acids is 2. The number of halogens is 1. The van der Waals surface area contributed by atoms with Crippen LogP contribution < -0.4 is 10.2 Å². The van der Waals surface area contributed by atoms with Crippen LogP contribution in [0.3, 0.4) is 0 Å². The molecule has 150 valence electrons. The zero-order valence-electron chi connectivity index (χ0n) is 15.8. The molecule has 8 heteroatoms. The van der Waals surface area contributed by atoms with Crippen LogP contribution in [0.5, 0.6) is 0 Å². The van der Waals surface area contributed by atoms with Gasteiger partial charge in [-0.05, 0) is 36.4 Å². The lowest BCUT2D eigenvalue weighted by Gasteiger charge is -2.16. The van der Waals surface area contributed by atoms with Gasteiger partial charge >= 0.3 is 0 Å².